The lowest BCUT2D eigenvalue weighted by molar-refractivity contribution is 0.0174. The Kier molecular flexibility index (Phi) is 3.03. The monoisotopic (exact) mass is 195 g/mol. The predicted octanol–water partition coefficient (Wildman–Crippen LogP) is -0.502. The lowest BCUT2D eigenvalue weighted by Crippen LogP contribution is -2.45. The predicted molar refractivity (Wildman–Crippen MR) is 49.6 cm³/mol. The van der Waals surface area contributed by atoms with E-state index in [1.54, 1.807) is 12.4 Å². The molecule has 1 fully saturated rings. The first kappa shape index (κ1) is 9.51. The number of aliphatic hydroxyl groups is 1. The van der Waals surface area contributed by atoms with Gasteiger partial charge in [0, 0.05) is 24.5 Å². The van der Waals surface area contributed by atoms with Gasteiger partial charge in [0.1, 0.15) is 6.33 Å². The molecule has 0 saturated carbocycles. The molecule has 1 aromatic rings. The molecule has 2 atom stereocenters. The maximum Gasteiger partial charge on any atom is 0.115 e. The number of hydrogen-bond acceptors (Lipinski definition) is 5. The fourth-order valence-corrected chi connectivity index (χ4v) is 1.48. The van der Waals surface area contributed by atoms with Crippen LogP contribution in [0.15, 0.2) is 18.7 Å². The highest BCUT2D eigenvalue weighted by Crippen LogP contribution is 2.16. The summed E-state index contributed by atoms with van der Waals surface area (Å²) < 4.78 is 5.26. The van der Waals surface area contributed by atoms with Crippen molar-refractivity contribution in [1.29, 1.82) is 0 Å². The Morgan fingerprint density at radius 1 is 1.50 bits per heavy atom. The van der Waals surface area contributed by atoms with Crippen LogP contribution in [-0.4, -0.2) is 40.9 Å². The Morgan fingerprint density at radius 3 is 2.93 bits per heavy atom. The standard InChI is InChI=1S/C9H13N3O2/c13-9(7-3-10-6-11-4-7)8-5-14-2-1-12-8/h3-4,6,8-9,12-13H,1-2,5H2. The van der Waals surface area contributed by atoms with Crippen LogP contribution in [0.25, 0.3) is 0 Å². The van der Waals surface area contributed by atoms with Crippen molar-refractivity contribution < 1.29 is 9.84 Å². The maximum absolute atomic E-state index is 9.92. The fraction of sp³-hybridized carbons (Fsp3) is 0.556. The second-order valence-corrected chi connectivity index (χ2v) is 3.25. The van der Waals surface area contributed by atoms with Crippen LogP contribution < -0.4 is 5.32 Å². The molecule has 2 heterocycles. The molecule has 2 N–H and O–H groups in total. The minimum Gasteiger partial charge on any atom is -0.387 e. The Balaban J connectivity index is 2.03. The third kappa shape index (κ3) is 2.06. The van der Waals surface area contributed by atoms with Gasteiger partial charge >= 0.3 is 0 Å². The molecule has 1 aromatic heterocycles. The molecule has 5 heteroatoms. The lowest BCUT2D eigenvalue weighted by atomic mass is 10.1. The van der Waals surface area contributed by atoms with Gasteiger partial charge in [0.25, 0.3) is 0 Å². The Morgan fingerprint density at radius 2 is 2.29 bits per heavy atom. The van der Waals surface area contributed by atoms with Gasteiger partial charge in [-0.3, -0.25) is 0 Å². The van der Waals surface area contributed by atoms with Crippen LogP contribution in [0.1, 0.15) is 11.7 Å². The summed E-state index contributed by atoms with van der Waals surface area (Å²) in [5.41, 5.74) is 0.718. The van der Waals surface area contributed by atoms with E-state index in [9.17, 15) is 5.11 Å². The van der Waals surface area contributed by atoms with E-state index in [-0.39, 0.29) is 6.04 Å². The molecule has 0 amide bonds. The minimum absolute atomic E-state index is 0.0604. The normalized spacial score (nSPS) is 24.5. The molecule has 5 nitrogen and oxygen atoms in total. The number of rotatable bonds is 2. The van der Waals surface area contributed by atoms with E-state index in [4.69, 9.17) is 4.74 Å². The molecule has 1 aliphatic rings. The molecule has 0 bridgehead atoms. The third-order valence-corrected chi connectivity index (χ3v) is 2.25. The molecule has 2 unspecified atom stereocenters. The van der Waals surface area contributed by atoms with Crippen LogP contribution in [0.4, 0.5) is 0 Å². The first-order valence-corrected chi connectivity index (χ1v) is 4.62. The average Bonchev–Trinajstić information content (AvgIpc) is 2.30. The molecule has 14 heavy (non-hydrogen) atoms. The van der Waals surface area contributed by atoms with E-state index >= 15 is 0 Å². The second-order valence-electron chi connectivity index (χ2n) is 3.25. The maximum atomic E-state index is 9.92. The molecule has 0 radical (unpaired) electrons. The smallest absolute Gasteiger partial charge is 0.115 e. The second kappa shape index (κ2) is 4.45. The zero-order valence-electron chi connectivity index (χ0n) is 7.76. The molecular weight excluding hydrogens is 182 g/mol. The Hall–Kier alpha value is -1.04. The van der Waals surface area contributed by atoms with E-state index in [0.29, 0.717) is 13.2 Å². The highest BCUT2D eigenvalue weighted by molar-refractivity contribution is 5.09. The van der Waals surface area contributed by atoms with Gasteiger partial charge in [0.2, 0.25) is 0 Å². The van der Waals surface area contributed by atoms with Crippen LogP contribution >= 0.6 is 0 Å². The molecule has 76 valence electrons. The zero-order valence-corrected chi connectivity index (χ0v) is 7.76. The van der Waals surface area contributed by atoms with Crippen molar-refractivity contribution in [3.63, 3.8) is 0 Å². The number of morpholine rings is 1. The number of aliphatic hydroxyl groups excluding tert-OH is 1. The van der Waals surface area contributed by atoms with E-state index in [2.05, 4.69) is 15.3 Å². The van der Waals surface area contributed by atoms with Gasteiger partial charge in [0.05, 0.1) is 25.4 Å². The van der Waals surface area contributed by atoms with Crippen molar-refractivity contribution >= 4 is 0 Å². The quantitative estimate of drug-likeness (QED) is 0.666. The summed E-state index contributed by atoms with van der Waals surface area (Å²) in [4.78, 5) is 7.72. The van der Waals surface area contributed by atoms with Crippen molar-refractivity contribution in [2.45, 2.75) is 12.1 Å². The van der Waals surface area contributed by atoms with E-state index in [1.165, 1.54) is 6.33 Å². The molecule has 1 saturated heterocycles. The first-order valence-electron chi connectivity index (χ1n) is 4.62. The van der Waals surface area contributed by atoms with Crippen LogP contribution in [0.2, 0.25) is 0 Å². The summed E-state index contributed by atoms with van der Waals surface area (Å²) in [5.74, 6) is 0. The van der Waals surface area contributed by atoms with Crippen LogP contribution in [0.5, 0.6) is 0 Å². The van der Waals surface area contributed by atoms with E-state index in [1.807, 2.05) is 0 Å². The summed E-state index contributed by atoms with van der Waals surface area (Å²) in [6.07, 6.45) is 4.08. The van der Waals surface area contributed by atoms with Crippen molar-refractivity contribution in [2.24, 2.45) is 0 Å². The third-order valence-electron chi connectivity index (χ3n) is 2.25. The fourth-order valence-electron chi connectivity index (χ4n) is 1.48. The zero-order chi connectivity index (χ0) is 9.80. The number of hydrogen-bond donors (Lipinski definition) is 2. The summed E-state index contributed by atoms with van der Waals surface area (Å²) in [6, 6.07) is -0.0604. The molecule has 0 aromatic carbocycles. The van der Waals surface area contributed by atoms with Gasteiger partial charge in [-0.25, -0.2) is 9.97 Å². The lowest BCUT2D eigenvalue weighted by Gasteiger charge is -2.27. The van der Waals surface area contributed by atoms with Crippen molar-refractivity contribution in [2.75, 3.05) is 19.8 Å². The number of nitrogens with zero attached hydrogens (tertiary/aromatic N) is 2. The van der Waals surface area contributed by atoms with Gasteiger partial charge in [-0.05, 0) is 0 Å². The van der Waals surface area contributed by atoms with Crippen molar-refractivity contribution in [3.05, 3.63) is 24.3 Å². The highest BCUT2D eigenvalue weighted by atomic mass is 16.5. The summed E-state index contributed by atoms with van der Waals surface area (Å²) >= 11 is 0. The summed E-state index contributed by atoms with van der Waals surface area (Å²) in [5, 5.41) is 13.1. The van der Waals surface area contributed by atoms with E-state index < -0.39 is 6.10 Å². The number of aromatic nitrogens is 2. The van der Waals surface area contributed by atoms with Crippen molar-refractivity contribution in [3.8, 4) is 0 Å². The van der Waals surface area contributed by atoms with Crippen LogP contribution in [0.3, 0.4) is 0 Å². The van der Waals surface area contributed by atoms with Crippen molar-refractivity contribution in [1.82, 2.24) is 15.3 Å². The topological polar surface area (TPSA) is 67.3 Å². The Labute approximate surface area is 82.1 Å². The first-order chi connectivity index (χ1) is 6.88. The molecule has 0 spiro atoms. The molecule has 1 aliphatic heterocycles. The summed E-state index contributed by atoms with van der Waals surface area (Å²) in [6.45, 7) is 2.00. The van der Waals surface area contributed by atoms with Gasteiger partial charge in [0.15, 0.2) is 0 Å². The largest absolute Gasteiger partial charge is 0.387 e. The van der Waals surface area contributed by atoms with Gasteiger partial charge in [-0.2, -0.15) is 0 Å². The van der Waals surface area contributed by atoms with Crippen LogP contribution in [0, 0.1) is 0 Å². The SMILES string of the molecule is OC(c1cncnc1)C1COCCN1. The molecular formula is C9H13N3O2. The minimum atomic E-state index is -0.600. The van der Waals surface area contributed by atoms with Gasteiger partial charge < -0.3 is 15.2 Å². The molecule has 0 aliphatic carbocycles. The van der Waals surface area contributed by atoms with Gasteiger partial charge in [-0.15, -0.1) is 0 Å². The van der Waals surface area contributed by atoms with Gasteiger partial charge in [-0.1, -0.05) is 0 Å². The van der Waals surface area contributed by atoms with E-state index in [0.717, 1.165) is 12.1 Å². The Bertz CT molecular complexity index is 275. The number of nitrogens with one attached hydrogen (secondary N) is 1. The highest BCUT2D eigenvalue weighted by Gasteiger charge is 2.23. The van der Waals surface area contributed by atoms with Crippen LogP contribution in [-0.2, 0) is 4.74 Å². The molecule has 2 rings (SSSR count). The average molecular weight is 195 g/mol. The number of ether oxygens (including phenoxy) is 1. The summed E-state index contributed by atoms with van der Waals surface area (Å²) in [7, 11) is 0.